The van der Waals surface area contributed by atoms with Gasteiger partial charge in [-0.2, -0.15) is 0 Å². The van der Waals surface area contributed by atoms with Crippen LogP contribution in [0, 0.1) is 13.8 Å². The van der Waals surface area contributed by atoms with Gasteiger partial charge in [0.15, 0.2) is 5.69 Å². The summed E-state index contributed by atoms with van der Waals surface area (Å²) in [6, 6.07) is 8.94. The molecule has 1 fully saturated rings. The van der Waals surface area contributed by atoms with Crippen LogP contribution >= 0.6 is 0 Å². The molecule has 0 spiro atoms. The maximum Gasteiger partial charge on any atom is 0.213 e. The Morgan fingerprint density at radius 2 is 1.82 bits per heavy atom. The van der Waals surface area contributed by atoms with E-state index in [0.29, 0.717) is 0 Å². The minimum absolute atomic E-state index is 1.20. The van der Waals surface area contributed by atoms with Crippen LogP contribution in [0.15, 0.2) is 24.3 Å². The molecule has 0 bridgehead atoms. The smallest absolute Gasteiger partial charge is 0.213 e. The molecule has 0 amide bonds. The van der Waals surface area contributed by atoms with Gasteiger partial charge in [-0.25, -0.2) is 4.98 Å². The second-order valence-electron chi connectivity index (χ2n) is 5.08. The van der Waals surface area contributed by atoms with Crippen molar-refractivity contribution in [2.24, 2.45) is 0 Å². The number of hydrogen-bond donors (Lipinski definition) is 0. The zero-order valence-corrected chi connectivity index (χ0v) is 10.6. The van der Waals surface area contributed by atoms with E-state index in [0.717, 1.165) is 0 Å². The SMILES string of the molecule is Cc1ccc2[nH+]c(C)cc(N3CCCC3)c2c1. The summed E-state index contributed by atoms with van der Waals surface area (Å²) in [5.41, 5.74) is 5.22. The van der Waals surface area contributed by atoms with Gasteiger partial charge in [-0.1, -0.05) is 6.07 Å². The summed E-state index contributed by atoms with van der Waals surface area (Å²) in [5, 5.41) is 1.36. The van der Waals surface area contributed by atoms with Crippen LogP contribution in [-0.2, 0) is 0 Å². The molecule has 2 nitrogen and oxygen atoms in total. The van der Waals surface area contributed by atoms with E-state index in [-0.39, 0.29) is 0 Å². The number of aromatic nitrogens is 1. The van der Waals surface area contributed by atoms with Gasteiger partial charge >= 0.3 is 0 Å². The number of benzene rings is 1. The topological polar surface area (TPSA) is 17.4 Å². The molecule has 1 N–H and O–H groups in total. The van der Waals surface area contributed by atoms with Crippen molar-refractivity contribution < 1.29 is 4.98 Å². The number of nitrogens with zero attached hydrogens (tertiary/aromatic N) is 1. The maximum atomic E-state index is 3.45. The number of aromatic amines is 1. The minimum atomic E-state index is 1.20. The van der Waals surface area contributed by atoms with Gasteiger partial charge in [0.2, 0.25) is 5.52 Å². The molecule has 1 aliphatic heterocycles. The Bertz CT molecular complexity index is 554. The van der Waals surface area contributed by atoms with Crippen molar-refractivity contribution in [2.75, 3.05) is 18.0 Å². The fourth-order valence-electron chi connectivity index (χ4n) is 2.73. The summed E-state index contributed by atoms with van der Waals surface area (Å²) in [5.74, 6) is 0. The van der Waals surface area contributed by atoms with Crippen molar-refractivity contribution in [3.05, 3.63) is 35.5 Å². The predicted molar refractivity (Wildman–Crippen MR) is 71.4 cm³/mol. The average Bonchev–Trinajstić information content (AvgIpc) is 2.82. The van der Waals surface area contributed by atoms with Crippen molar-refractivity contribution in [3.8, 4) is 0 Å². The van der Waals surface area contributed by atoms with E-state index in [9.17, 15) is 0 Å². The molecule has 3 rings (SSSR count). The number of pyridine rings is 1. The highest BCUT2D eigenvalue weighted by atomic mass is 15.1. The third-order valence-corrected chi connectivity index (χ3v) is 3.58. The summed E-state index contributed by atoms with van der Waals surface area (Å²) in [7, 11) is 0. The second-order valence-corrected chi connectivity index (χ2v) is 5.08. The van der Waals surface area contributed by atoms with Gasteiger partial charge in [0.05, 0.1) is 11.1 Å². The first-order valence-corrected chi connectivity index (χ1v) is 6.42. The van der Waals surface area contributed by atoms with E-state index in [1.54, 1.807) is 0 Å². The molecule has 0 unspecified atom stereocenters. The van der Waals surface area contributed by atoms with Crippen molar-refractivity contribution >= 4 is 16.6 Å². The summed E-state index contributed by atoms with van der Waals surface area (Å²) in [6.45, 7) is 6.70. The van der Waals surface area contributed by atoms with Crippen molar-refractivity contribution in [1.29, 1.82) is 0 Å². The van der Waals surface area contributed by atoms with Gasteiger partial charge in [0, 0.05) is 32.1 Å². The van der Waals surface area contributed by atoms with Crippen molar-refractivity contribution in [2.45, 2.75) is 26.7 Å². The quantitative estimate of drug-likeness (QED) is 0.732. The first kappa shape index (κ1) is 10.6. The number of nitrogens with one attached hydrogen (secondary N) is 1. The second kappa shape index (κ2) is 4.02. The Labute approximate surface area is 102 Å². The third kappa shape index (κ3) is 1.88. The monoisotopic (exact) mass is 227 g/mol. The molecule has 2 heteroatoms. The van der Waals surface area contributed by atoms with Gasteiger partial charge in [-0.15, -0.1) is 0 Å². The Balaban J connectivity index is 2.23. The van der Waals surface area contributed by atoms with Crippen molar-refractivity contribution in [3.63, 3.8) is 0 Å². The van der Waals surface area contributed by atoms with Gasteiger partial charge < -0.3 is 4.90 Å². The van der Waals surface area contributed by atoms with Crippen LogP contribution in [0.3, 0.4) is 0 Å². The number of hydrogen-bond acceptors (Lipinski definition) is 1. The van der Waals surface area contributed by atoms with Crippen molar-refractivity contribution in [1.82, 2.24) is 0 Å². The van der Waals surface area contributed by atoms with E-state index in [1.807, 2.05) is 0 Å². The standard InChI is InChI=1S/C15H18N2/c1-11-5-6-14-13(9-11)15(10-12(2)16-14)17-7-3-4-8-17/h5-6,9-10H,3-4,7-8H2,1-2H3/p+1. The minimum Gasteiger partial charge on any atom is -0.371 e. The van der Waals surface area contributed by atoms with E-state index in [4.69, 9.17) is 0 Å². The van der Waals surface area contributed by atoms with E-state index in [1.165, 1.54) is 53.8 Å². The van der Waals surface area contributed by atoms with Crippen LogP contribution < -0.4 is 9.88 Å². The molecule has 0 radical (unpaired) electrons. The molecule has 2 aromatic rings. The van der Waals surface area contributed by atoms with Crippen LogP contribution in [0.5, 0.6) is 0 Å². The van der Waals surface area contributed by atoms with Gasteiger partial charge in [0.25, 0.3) is 0 Å². The molecule has 1 aromatic carbocycles. The Kier molecular flexibility index (Phi) is 2.50. The predicted octanol–water partition coefficient (Wildman–Crippen LogP) is 2.87. The lowest BCUT2D eigenvalue weighted by molar-refractivity contribution is -0.354. The molecule has 0 atom stereocenters. The summed E-state index contributed by atoms with van der Waals surface area (Å²) in [6.07, 6.45) is 2.65. The molecule has 0 saturated carbocycles. The zero-order valence-electron chi connectivity index (χ0n) is 10.6. The largest absolute Gasteiger partial charge is 0.371 e. The molecule has 17 heavy (non-hydrogen) atoms. The molecule has 0 aliphatic carbocycles. The molecule has 1 aliphatic rings. The average molecular weight is 227 g/mol. The first-order chi connectivity index (χ1) is 8.24. The molecular formula is C15H19N2+. The van der Waals surface area contributed by atoms with Gasteiger partial charge in [-0.3, -0.25) is 0 Å². The number of anilines is 1. The molecule has 1 aromatic heterocycles. The third-order valence-electron chi connectivity index (χ3n) is 3.58. The van der Waals surface area contributed by atoms with Crippen LogP contribution in [-0.4, -0.2) is 13.1 Å². The highest BCUT2D eigenvalue weighted by Crippen LogP contribution is 2.28. The van der Waals surface area contributed by atoms with Crippen LogP contribution in [0.1, 0.15) is 24.1 Å². The maximum absolute atomic E-state index is 3.45. The molecule has 2 heterocycles. The highest BCUT2D eigenvalue weighted by Gasteiger charge is 2.18. The van der Waals surface area contributed by atoms with Crippen LogP contribution in [0.2, 0.25) is 0 Å². The van der Waals surface area contributed by atoms with Gasteiger partial charge in [-0.05, 0) is 31.4 Å². The fraction of sp³-hybridized carbons (Fsp3) is 0.400. The number of rotatable bonds is 1. The summed E-state index contributed by atoms with van der Waals surface area (Å²) < 4.78 is 0. The molecule has 1 saturated heterocycles. The number of aryl methyl sites for hydroxylation is 2. The van der Waals surface area contributed by atoms with Crippen LogP contribution in [0.4, 0.5) is 5.69 Å². The number of H-pyrrole nitrogens is 1. The van der Waals surface area contributed by atoms with E-state index in [2.05, 4.69) is 48.0 Å². The molecule has 88 valence electrons. The lowest BCUT2D eigenvalue weighted by Crippen LogP contribution is -2.20. The number of fused-ring (bicyclic) bond motifs is 1. The Hall–Kier alpha value is -1.57. The summed E-state index contributed by atoms with van der Waals surface area (Å²) >= 11 is 0. The highest BCUT2D eigenvalue weighted by molar-refractivity contribution is 5.90. The fourth-order valence-corrected chi connectivity index (χ4v) is 2.73. The molecular weight excluding hydrogens is 208 g/mol. The Morgan fingerprint density at radius 3 is 2.59 bits per heavy atom. The normalized spacial score (nSPS) is 15.8. The first-order valence-electron chi connectivity index (χ1n) is 6.42. The lowest BCUT2D eigenvalue weighted by Gasteiger charge is -2.18. The van der Waals surface area contributed by atoms with Crippen LogP contribution in [0.25, 0.3) is 10.9 Å². The van der Waals surface area contributed by atoms with E-state index < -0.39 is 0 Å². The van der Waals surface area contributed by atoms with E-state index >= 15 is 0 Å². The zero-order chi connectivity index (χ0) is 11.8. The van der Waals surface area contributed by atoms with Gasteiger partial charge in [0.1, 0.15) is 0 Å². The lowest BCUT2D eigenvalue weighted by atomic mass is 10.1. The summed E-state index contributed by atoms with van der Waals surface area (Å²) in [4.78, 5) is 5.97. The Morgan fingerprint density at radius 1 is 1.06 bits per heavy atom.